The van der Waals surface area contributed by atoms with Crippen molar-refractivity contribution in [3.63, 3.8) is 0 Å². The van der Waals surface area contributed by atoms with Crippen molar-refractivity contribution in [2.24, 2.45) is 5.16 Å². The van der Waals surface area contributed by atoms with Crippen molar-refractivity contribution in [2.45, 2.75) is 18.3 Å². The van der Waals surface area contributed by atoms with Crippen LogP contribution in [0.2, 0.25) is 0 Å². The fourth-order valence-corrected chi connectivity index (χ4v) is 4.85. The molecule has 0 bridgehead atoms. The predicted octanol–water partition coefficient (Wildman–Crippen LogP) is 0.228. The second-order valence-electron chi connectivity index (χ2n) is 5.82. The number of carboxylic acids is 1. The lowest BCUT2D eigenvalue weighted by Gasteiger charge is -2.49. The predicted molar refractivity (Wildman–Crippen MR) is 99.0 cm³/mol. The third-order valence-electron chi connectivity index (χ3n) is 4.06. The molecular formula is C16H15N3O7S2. The maximum absolute atomic E-state index is 12.5. The number of nitrogens with zero attached hydrogens (tertiary/aromatic N) is 2. The van der Waals surface area contributed by atoms with Crippen LogP contribution in [0, 0.1) is 0 Å². The van der Waals surface area contributed by atoms with Crippen molar-refractivity contribution in [2.75, 3.05) is 12.4 Å². The highest BCUT2D eigenvalue weighted by Crippen LogP contribution is 2.40. The summed E-state index contributed by atoms with van der Waals surface area (Å²) in [4.78, 5) is 49.0. The van der Waals surface area contributed by atoms with Crippen molar-refractivity contribution < 1.29 is 34.2 Å². The average molecular weight is 425 g/mol. The van der Waals surface area contributed by atoms with Crippen LogP contribution >= 0.6 is 23.1 Å². The number of nitrogens with one attached hydrogen (secondary N) is 1. The summed E-state index contributed by atoms with van der Waals surface area (Å²) in [6, 6.07) is 2.31. The van der Waals surface area contributed by atoms with E-state index in [2.05, 4.69) is 10.5 Å². The van der Waals surface area contributed by atoms with Crippen molar-refractivity contribution in [1.29, 1.82) is 0 Å². The fourth-order valence-electron chi connectivity index (χ4n) is 2.81. The Kier molecular flexibility index (Phi) is 5.70. The number of carbonyl (C=O) groups is 4. The van der Waals surface area contributed by atoms with E-state index in [9.17, 15) is 24.3 Å². The molecule has 12 heteroatoms. The van der Waals surface area contributed by atoms with Gasteiger partial charge in [-0.05, 0) is 11.4 Å². The molecule has 2 aliphatic heterocycles. The van der Waals surface area contributed by atoms with Crippen LogP contribution in [-0.4, -0.2) is 68.5 Å². The molecule has 0 radical (unpaired) electrons. The highest BCUT2D eigenvalue weighted by molar-refractivity contribution is 8.00. The molecule has 2 atom stereocenters. The third-order valence-corrected chi connectivity index (χ3v) is 6.27. The van der Waals surface area contributed by atoms with Crippen LogP contribution < -0.4 is 5.32 Å². The minimum Gasteiger partial charge on any atom is -0.477 e. The number of fused-ring (bicyclic) bond motifs is 1. The summed E-state index contributed by atoms with van der Waals surface area (Å²) < 4.78 is 4.86. The quantitative estimate of drug-likeness (QED) is 0.193. The van der Waals surface area contributed by atoms with E-state index in [0.29, 0.717) is 10.5 Å². The highest BCUT2D eigenvalue weighted by atomic mass is 32.2. The van der Waals surface area contributed by atoms with Gasteiger partial charge >= 0.3 is 11.9 Å². The summed E-state index contributed by atoms with van der Waals surface area (Å²) in [6.45, 7) is 0.977. The second-order valence-corrected chi connectivity index (χ2v) is 7.88. The molecular weight excluding hydrogens is 410 g/mol. The maximum Gasteiger partial charge on any atom is 0.352 e. The second kappa shape index (κ2) is 8.02. The Morgan fingerprint density at radius 2 is 2.18 bits per heavy atom. The van der Waals surface area contributed by atoms with Crippen LogP contribution in [0.5, 0.6) is 0 Å². The maximum atomic E-state index is 12.5. The Labute approximate surface area is 166 Å². The topological polar surface area (TPSA) is 146 Å². The first kappa shape index (κ1) is 19.9. The van der Waals surface area contributed by atoms with Gasteiger partial charge in [-0.1, -0.05) is 11.2 Å². The fraction of sp³-hybridized carbons (Fsp3) is 0.312. The zero-order valence-electron chi connectivity index (χ0n) is 14.4. The number of hydrogen-bond donors (Lipinski definition) is 3. The normalized spacial score (nSPS) is 21.7. The summed E-state index contributed by atoms with van der Waals surface area (Å²) in [5.74, 6) is -3.00. The van der Waals surface area contributed by atoms with Crippen LogP contribution in [0.1, 0.15) is 11.8 Å². The van der Waals surface area contributed by atoms with Crippen molar-refractivity contribution in [3.05, 3.63) is 33.7 Å². The van der Waals surface area contributed by atoms with Crippen LogP contribution in [0.15, 0.2) is 33.9 Å². The Balaban J connectivity index is 1.76. The molecule has 148 valence electrons. The summed E-state index contributed by atoms with van der Waals surface area (Å²) >= 11 is 2.44. The number of β-lactam (4-membered cyclic amide) rings is 1. The lowest BCUT2D eigenvalue weighted by atomic mass is 10.0. The molecule has 3 heterocycles. The standard InChI is InChI=1S/C16H15N3O7S2/c1-7(20)26-5-8-6-28-15-11(14(22)19(15)12(8)16(23)24)17-13(21)10(18-25)9-3-2-4-27-9/h2-4,11,15,25H,5-6H2,1H3,(H,17,21)(H,23,24)/b18-10+/t11-,15-/m1/s1. The minimum atomic E-state index is -1.32. The summed E-state index contributed by atoms with van der Waals surface area (Å²) in [7, 11) is 0. The van der Waals surface area contributed by atoms with E-state index in [1.54, 1.807) is 17.5 Å². The molecule has 0 spiro atoms. The smallest absolute Gasteiger partial charge is 0.352 e. The molecule has 3 rings (SSSR count). The van der Waals surface area contributed by atoms with Gasteiger partial charge in [0.05, 0.1) is 4.88 Å². The number of esters is 1. The third kappa shape index (κ3) is 3.60. The van der Waals surface area contributed by atoms with Gasteiger partial charge in [0.1, 0.15) is 23.7 Å². The van der Waals surface area contributed by atoms with E-state index >= 15 is 0 Å². The molecule has 10 nitrogen and oxygen atoms in total. The minimum absolute atomic E-state index is 0.224. The SMILES string of the molecule is CC(=O)OCC1=C(C(=O)O)N2C(=O)[C@@H](NC(=O)/C(=N/O)c3cccs3)[C@H]2SC1. The number of amides is 2. The van der Waals surface area contributed by atoms with Gasteiger partial charge in [-0.3, -0.25) is 19.3 Å². The van der Waals surface area contributed by atoms with Gasteiger partial charge in [0.2, 0.25) is 0 Å². The number of carbonyl (C=O) groups excluding carboxylic acids is 3. The zero-order valence-corrected chi connectivity index (χ0v) is 16.1. The number of oxime groups is 1. The first-order valence-corrected chi connectivity index (χ1v) is 9.88. The van der Waals surface area contributed by atoms with E-state index in [1.807, 2.05) is 0 Å². The molecule has 2 aliphatic rings. The number of aliphatic carboxylic acids is 1. The van der Waals surface area contributed by atoms with E-state index in [0.717, 1.165) is 4.90 Å². The molecule has 1 fully saturated rings. The number of carboxylic acid groups (broad SMARTS) is 1. The molecule has 3 N–H and O–H groups in total. The Hall–Kier alpha value is -2.86. The number of hydrogen-bond acceptors (Lipinski definition) is 9. The Bertz CT molecular complexity index is 894. The monoisotopic (exact) mass is 425 g/mol. The molecule has 0 unspecified atom stereocenters. The van der Waals surface area contributed by atoms with E-state index < -0.39 is 35.2 Å². The number of rotatable bonds is 6. The van der Waals surface area contributed by atoms with Gasteiger partial charge < -0.3 is 20.4 Å². The van der Waals surface area contributed by atoms with E-state index in [4.69, 9.17) is 9.94 Å². The average Bonchev–Trinajstić information content (AvgIpc) is 3.18. The summed E-state index contributed by atoms with van der Waals surface area (Å²) in [5.41, 5.74) is -0.167. The lowest BCUT2D eigenvalue weighted by molar-refractivity contribution is -0.150. The number of ether oxygens (including phenoxy) is 1. The summed E-state index contributed by atoms with van der Waals surface area (Å²) in [6.07, 6.45) is 0. The van der Waals surface area contributed by atoms with Gasteiger partial charge in [0, 0.05) is 18.2 Å². The molecule has 1 saturated heterocycles. The molecule has 0 saturated carbocycles. The van der Waals surface area contributed by atoms with Crippen LogP contribution in [-0.2, 0) is 23.9 Å². The number of thioether (sulfide) groups is 1. The van der Waals surface area contributed by atoms with Crippen LogP contribution in [0.25, 0.3) is 0 Å². The van der Waals surface area contributed by atoms with Gasteiger partial charge in [-0.25, -0.2) is 4.79 Å². The molecule has 2 amide bonds. The molecule has 1 aromatic rings. The van der Waals surface area contributed by atoms with Crippen LogP contribution in [0.4, 0.5) is 0 Å². The molecule has 28 heavy (non-hydrogen) atoms. The van der Waals surface area contributed by atoms with Gasteiger partial charge in [0.15, 0.2) is 5.71 Å². The lowest BCUT2D eigenvalue weighted by Crippen LogP contribution is -2.71. The van der Waals surface area contributed by atoms with Gasteiger partial charge in [0.25, 0.3) is 11.8 Å². The van der Waals surface area contributed by atoms with Gasteiger partial charge in [-0.2, -0.15) is 0 Å². The zero-order chi connectivity index (χ0) is 20.4. The first-order chi connectivity index (χ1) is 13.3. The number of thiophene rings is 1. The molecule has 0 aromatic carbocycles. The Morgan fingerprint density at radius 1 is 1.43 bits per heavy atom. The van der Waals surface area contributed by atoms with Crippen molar-refractivity contribution >= 4 is 52.6 Å². The van der Waals surface area contributed by atoms with E-state index in [1.165, 1.54) is 30.0 Å². The summed E-state index contributed by atoms with van der Waals surface area (Å²) in [5, 5.41) is 25.2. The van der Waals surface area contributed by atoms with E-state index in [-0.39, 0.29) is 23.8 Å². The highest BCUT2D eigenvalue weighted by Gasteiger charge is 2.54. The van der Waals surface area contributed by atoms with Crippen molar-refractivity contribution in [3.8, 4) is 0 Å². The van der Waals surface area contributed by atoms with Crippen LogP contribution in [0.3, 0.4) is 0 Å². The molecule has 1 aromatic heterocycles. The van der Waals surface area contributed by atoms with Crippen molar-refractivity contribution in [1.82, 2.24) is 10.2 Å². The largest absolute Gasteiger partial charge is 0.477 e. The van der Waals surface area contributed by atoms with Gasteiger partial charge in [-0.15, -0.1) is 23.1 Å². The Morgan fingerprint density at radius 3 is 2.75 bits per heavy atom. The first-order valence-electron chi connectivity index (χ1n) is 7.95. The molecule has 0 aliphatic carbocycles.